The van der Waals surface area contributed by atoms with Gasteiger partial charge < -0.3 is 19.5 Å². The van der Waals surface area contributed by atoms with E-state index in [1.165, 1.54) is 12.1 Å². The highest BCUT2D eigenvalue weighted by atomic mass is 32.2. The molecule has 0 aliphatic carbocycles. The lowest BCUT2D eigenvalue weighted by atomic mass is 10.1. The Hall–Kier alpha value is -3.21. The van der Waals surface area contributed by atoms with E-state index < -0.39 is 28.0 Å². The molecule has 170 valence electrons. The maximum atomic E-state index is 12.8. The first kappa shape index (κ1) is 22.0. The maximum absolute atomic E-state index is 12.8. The Morgan fingerprint density at radius 2 is 2.06 bits per heavy atom. The first-order chi connectivity index (χ1) is 15.3. The molecular weight excluding hydrogens is 436 g/mol. The van der Waals surface area contributed by atoms with Crippen molar-refractivity contribution in [3.05, 3.63) is 35.6 Å². The molecular formula is C21H24N4O6S. The second-order valence-corrected chi connectivity index (χ2v) is 9.31. The topological polar surface area (TPSA) is 131 Å². The van der Waals surface area contributed by atoms with E-state index in [1.807, 2.05) is 4.90 Å². The number of fused-ring (bicyclic) bond motifs is 3. The monoisotopic (exact) mass is 460 g/mol. The Kier molecular flexibility index (Phi) is 6.00. The van der Waals surface area contributed by atoms with Crippen molar-refractivity contribution in [3.63, 3.8) is 0 Å². The molecule has 2 aromatic rings. The highest BCUT2D eigenvalue weighted by Gasteiger charge is 2.33. The molecule has 1 unspecified atom stereocenters. The van der Waals surface area contributed by atoms with Crippen LogP contribution in [0, 0.1) is 6.92 Å². The Balaban J connectivity index is 1.54. The number of nitrogens with one attached hydrogen (secondary N) is 1. The minimum atomic E-state index is -3.93. The predicted molar refractivity (Wildman–Crippen MR) is 116 cm³/mol. The molecule has 0 saturated carbocycles. The second kappa shape index (κ2) is 8.73. The molecule has 0 bridgehead atoms. The SMILES string of the molecule is CCC(OC(=O)c1ccc2c(c1)S(=O)(=O)N=C1CCCCCN12)C(=O)Nc1cc(C)on1. The molecule has 1 amide bonds. The minimum absolute atomic E-state index is 0.0318. The number of sulfonamides is 1. The second-order valence-electron chi connectivity index (χ2n) is 7.74. The molecule has 3 heterocycles. The summed E-state index contributed by atoms with van der Waals surface area (Å²) in [7, 11) is -3.93. The molecule has 0 spiro atoms. The molecule has 1 aromatic carbocycles. The molecule has 1 saturated heterocycles. The average molecular weight is 461 g/mol. The number of amidine groups is 1. The van der Waals surface area contributed by atoms with Gasteiger partial charge in [-0.3, -0.25) is 4.79 Å². The fourth-order valence-electron chi connectivity index (χ4n) is 3.76. The van der Waals surface area contributed by atoms with Gasteiger partial charge in [-0.15, -0.1) is 4.40 Å². The third-order valence-electron chi connectivity index (χ3n) is 5.38. The fourth-order valence-corrected chi connectivity index (χ4v) is 5.04. The molecule has 0 radical (unpaired) electrons. The first-order valence-electron chi connectivity index (χ1n) is 10.5. The zero-order valence-electron chi connectivity index (χ0n) is 17.8. The maximum Gasteiger partial charge on any atom is 0.338 e. The number of hydrogen-bond acceptors (Lipinski definition) is 8. The van der Waals surface area contributed by atoms with E-state index in [1.54, 1.807) is 26.0 Å². The lowest BCUT2D eigenvalue weighted by molar-refractivity contribution is -0.124. The van der Waals surface area contributed by atoms with E-state index in [9.17, 15) is 18.0 Å². The van der Waals surface area contributed by atoms with Crippen LogP contribution in [0.3, 0.4) is 0 Å². The number of rotatable bonds is 5. The van der Waals surface area contributed by atoms with Crippen LogP contribution in [0.1, 0.15) is 55.1 Å². The third kappa shape index (κ3) is 4.38. The van der Waals surface area contributed by atoms with Crippen molar-refractivity contribution in [1.29, 1.82) is 0 Å². The molecule has 1 N–H and O–H groups in total. The molecule has 2 aliphatic heterocycles. The van der Waals surface area contributed by atoms with Crippen molar-refractivity contribution in [3.8, 4) is 0 Å². The number of hydrogen-bond donors (Lipinski definition) is 1. The van der Waals surface area contributed by atoms with Crippen LogP contribution in [0.15, 0.2) is 38.1 Å². The fraction of sp³-hybridized carbons (Fsp3) is 0.429. The summed E-state index contributed by atoms with van der Waals surface area (Å²) in [4.78, 5) is 27.1. The van der Waals surface area contributed by atoms with Gasteiger partial charge in [-0.1, -0.05) is 18.5 Å². The molecule has 2 aliphatic rings. The number of carbonyl (C=O) groups is 2. The van der Waals surface area contributed by atoms with Crippen LogP contribution in [0.4, 0.5) is 11.5 Å². The normalized spacial score (nSPS) is 17.9. The summed E-state index contributed by atoms with van der Waals surface area (Å²) in [5, 5.41) is 6.21. The van der Waals surface area contributed by atoms with Crippen molar-refractivity contribution < 1.29 is 27.3 Å². The van der Waals surface area contributed by atoms with Crippen LogP contribution in [0.5, 0.6) is 0 Å². The lowest BCUT2D eigenvalue weighted by Gasteiger charge is -2.29. The minimum Gasteiger partial charge on any atom is -0.449 e. The number of carbonyl (C=O) groups excluding carboxylic acids is 2. The third-order valence-corrected chi connectivity index (χ3v) is 6.71. The number of esters is 1. The van der Waals surface area contributed by atoms with Gasteiger partial charge in [0.15, 0.2) is 11.9 Å². The first-order valence-corrected chi connectivity index (χ1v) is 11.9. The number of aryl methyl sites for hydroxylation is 1. The number of benzene rings is 1. The zero-order chi connectivity index (χ0) is 22.9. The van der Waals surface area contributed by atoms with Crippen molar-refractivity contribution in [1.82, 2.24) is 5.16 Å². The van der Waals surface area contributed by atoms with Gasteiger partial charge in [0.1, 0.15) is 16.5 Å². The predicted octanol–water partition coefficient (Wildman–Crippen LogP) is 3.04. The standard InChI is InChI=1S/C21H24N4O6S/c1-3-16(20(26)22-18-11-13(2)31-23-18)30-21(27)14-8-9-15-17(12-14)32(28,29)24-19-7-5-4-6-10-25(15)19/h8-9,11-12,16H,3-7,10H2,1-2H3,(H,22,23,26). The number of amides is 1. The van der Waals surface area contributed by atoms with Crippen LogP contribution in [-0.4, -0.2) is 43.9 Å². The summed E-state index contributed by atoms with van der Waals surface area (Å²) in [6.07, 6.45) is 2.56. The molecule has 1 atom stereocenters. The Morgan fingerprint density at radius 3 is 2.78 bits per heavy atom. The van der Waals surface area contributed by atoms with Gasteiger partial charge >= 0.3 is 5.97 Å². The van der Waals surface area contributed by atoms with E-state index >= 15 is 0 Å². The zero-order valence-corrected chi connectivity index (χ0v) is 18.6. The number of anilines is 2. The van der Waals surface area contributed by atoms with E-state index in [2.05, 4.69) is 14.9 Å². The molecule has 11 heteroatoms. The molecule has 1 fully saturated rings. The van der Waals surface area contributed by atoms with Crippen LogP contribution < -0.4 is 10.2 Å². The summed E-state index contributed by atoms with van der Waals surface area (Å²) in [6.45, 7) is 4.05. The van der Waals surface area contributed by atoms with Gasteiger partial charge in [0, 0.05) is 19.0 Å². The summed E-state index contributed by atoms with van der Waals surface area (Å²) < 4.78 is 39.8. The van der Waals surface area contributed by atoms with Crippen LogP contribution >= 0.6 is 0 Å². The summed E-state index contributed by atoms with van der Waals surface area (Å²) in [5.41, 5.74) is 0.545. The Bertz CT molecular complexity index is 1190. The number of ether oxygens (including phenoxy) is 1. The van der Waals surface area contributed by atoms with E-state index in [4.69, 9.17) is 9.26 Å². The van der Waals surface area contributed by atoms with Crippen molar-refractivity contribution in [2.75, 3.05) is 16.8 Å². The molecule has 32 heavy (non-hydrogen) atoms. The quantitative estimate of drug-likeness (QED) is 0.674. The summed E-state index contributed by atoms with van der Waals surface area (Å²) >= 11 is 0. The van der Waals surface area contributed by atoms with Crippen LogP contribution in [-0.2, 0) is 19.6 Å². The van der Waals surface area contributed by atoms with Gasteiger partial charge in [-0.2, -0.15) is 8.42 Å². The number of aromatic nitrogens is 1. The van der Waals surface area contributed by atoms with E-state index in [0.29, 0.717) is 30.2 Å². The number of nitrogens with zero attached hydrogens (tertiary/aromatic N) is 3. The molecule has 10 nitrogen and oxygen atoms in total. The highest BCUT2D eigenvalue weighted by Crippen LogP contribution is 2.35. The van der Waals surface area contributed by atoms with E-state index in [0.717, 1.165) is 19.3 Å². The van der Waals surface area contributed by atoms with Gasteiger partial charge in [-0.05, 0) is 44.4 Å². The van der Waals surface area contributed by atoms with E-state index in [-0.39, 0.29) is 22.7 Å². The van der Waals surface area contributed by atoms with Crippen molar-refractivity contribution in [2.24, 2.45) is 4.40 Å². The largest absolute Gasteiger partial charge is 0.449 e. The summed E-state index contributed by atoms with van der Waals surface area (Å²) in [6, 6.07) is 5.92. The van der Waals surface area contributed by atoms with Crippen LogP contribution in [0.2, 0.25) is 0 Å². The van der Waals surface area contributed by atoms with Gasteiger partial charge in [-0.25, -0.2) is 4.79 Å². The highest BCUT2D eigenvalue weighted by molar-refractivity contribution is 7.90. The molecule has 4 rings (SSSR count). The van der Waals surface area contributed by atoms with Crippen molar-refractivity contribution in [2.45, 2.75) is 57.0 Å². The van der Waals surface area contributed by atoms with Gasteiger partial charge in [0.25, 0.3) is 15.9 Å². The van der Waals surface area contributed by atoms with Gasteiger partial charge in [0.05, 0.1) is 11.3 Å². The molecule has 1 aromatic heterocycles. The van der Waals surface area contributed by atoms with Crippen LogP contribution in [0.25, 0.3) is 0 Å². The Labute approximate surface area is 185 Å². The summed E-state index contributed by atoms with van der Waals surface area (Å²) in [5.74, 6) is -0.0783. The smallest absolute Gasteiger partial charge is 0.338 e. The van der Waals surface area contributed by atoms with Gasteiger partial charge in [0.2, 0.25) is 0 Å². The average Bonchev–Trinajstić information content (AvgIpc) is 3.02. The van der Waals surface area contributed by atoms with Crippen molar-refractivity contribution >= 4 is 39.2 Å². The lowest BCUT2D eigenvalue weighted by Crippen LogP contribution is -2.35. The Morgan fingerprint density at radius 1 is 1.25 bits per heavy atom.